The van der Waals surface area contributed by atoms with Crippen molar-refractivity contribution < 1.29 is 23.8 Å². The van der Waals surface area contributed by atoms with Crippen molar-refractivity contribution in [1.82, 2.24) is 0 Å². The summed E-state index contributed by atoms with van der Waals surface area (Å²) in [6, 6.07) is 7.01. The van der Waals surface area contributed by atoms with Crippen LogP contribution in [0, 0.1) is 0 Å². The number of unbranched alkanes of at least 4 members (excludes halogenated alkanes) is 2. The summed E-state index contributed by atoms with van der Waals surface area (Å²) >= 11 is 0. The molecule has 0 amide bonds. The van der Waals surface area contributed by atoms with Crippen molar-refractivity contribution in [2.24, 2.45) is 0 Å². The van der Waals surface area contributed by atoms with E-state index in [-0.39, 0.29) is 6.42 Å². The Morgan fingerprint density at radius 1 is 1.10 bits per heavy atom. The number of carbonyl (C=O) groups is 2. The van der Waals surface area contributed by atoms with E-state index < -0.39 is 18.2 Å². The van der Waals surface area contributed by atoms with Crippen LogP contribution >= 0.6 is 0 Å². The van der Waals surface area contributed by atoms with Crippen LogP contribution in [0.5, 0.6) is 5.75 Å². The summed E-state index contributed by atoms with van der Waals surface area (Å²) < 4.78 is 15.5. The summed E-state index contributed by atoms with van der Waals surface area (Å²) in [6.07, 6.45) is 2.05. The molecule has 0 atom stereocenters. The van der Waals surface area contributed by atoms with Gasteiger partial charge in [0.25, 0.3) is 6.29 Å². The van der Waals surface area contributed by atoms with E-state index >= 15 is 0 Å². The van der Waals surface area contributed by atoms with Crippen molar-refractivity contribution in [3.05, 3.63) is 29.8 Å². The fourth-order valence-electron chi connectivity index (χ4n) is 1.86. The molecule has 0 aromatic heterocycles. The fraction of sp³-hybridized carbons (Fsp3) is 0.467. The Hall–Kier alpha value is -2.04. The highest BCUT2D eigenvalue weighted by atomic mass is 16.7. The summed E-state index contributed by atoms with van der Waals surface area (Å²) in [6.45, 7) is 2.82. The van der Waals surface area contributed by atoms with Gasteiger partial charge in [-0.05, 0) is 30.7 Å². The zero-order chi connectivity index (χ0) is 14.4. The lowest BCUT2D eigenvalue weighted by molar-refractivity contribution is -0.204. The van der Waals surface area contributed by atoms with Crippen LogP contribution in [0.25, 0.3) is 0 Å². The summed E-state index contributed by atoms with van der Waals surface area (Å²) in [5.74, 6) is -0.379. The molecule has 0 spiro atoms. The van der Waals surface area contributed by atoms with E-state index in [0.717, 1.165) is 25.0 Å². The molecule has 20 heavy (non-hydrogen) atoms. The number of ether oxygens (including phenoxy) is 3. The topological polar surface area (TPSA) is 61.8 Å². The van der Waals surface area contributed by atoms with E-state index in [9.17, 15) is 9.59 Å². The molecule has 0 saturated carbocycles. The number of hydrogen-bond acceptors (Lipinski definition) is 5. The van der Waals surface area contributed by atoms with E-state index in [1.54, 1.807) is 24.3 Å². The third-order valence-electron chi connectivity index (χ3n) is 2.93. The Labute approximate surface area is 117 Å². The Balaban J connectivity index is 1.90. The first kappa shape index (κ1) is 14.4. The van der Waals surface area contributed by atoms with Gasteiger partial charge in [-0.15, -0.1) is 0 Å². The molecule has 5 heteroatoms. The maximum absolute atomic E-state index is 11.2. The molecule has 0 N–H and O–H groups in total. The van der Waals surface area contributed by atoms with Crippen LogP contribution in [-0.4, -0.2) is 18.5 Å². The summed E-state index contributed by atoms with van der Waals surface area (Å²) in [4.78, 5) is 22.4. The molecule has 1 fully saturated rings. The van der Waals surface area contributed by atoms with Crippen molar-refractivity contribution in [3.8, 4) is 5.75 Å². The minimum atomic E-state index is -0.946. The second-order valence-electron chi connectivity index (χ2n) is 4.61. The molecule has 0 radical (unpaired) electrons. The zero-order valence-corrected chi connectivity index (χ0v) is 11.5. The first-order chi connectivity index (χ1) is 9.69. The highest BCUT2D eigenvalue weighted by molar-refractivity contribution is 5.92. The van der Waals surface area contributed by atoms with E-state index in [1.807, 2.05) is 0 Å². The van der Waals surface area contributed by atoms with E-state index in [2.05, 4.69) is 6.92 Å². The predicted molar refractivity (Wildman–Crippen MR) is 71.0 cm³/mol. The van der Waals surface area contributed by atoms with Crippen LogP contribution in [-0.2, 0) is 19.1 Å². The molecule has 0 unspecified atom stereocenters. The molecule has 1 heterocycles. The monoisotopic (exact) mass is 278 g/mol. The Morgan fingerprint density at radius 2 is 1.75 bits per heavy atom. The number of carbonyl (C=O) groups excluding carboxylic acids is 2. The molecule has 0 aliphatic carbocycles. The lowest BCUT2D eigenvalue weighted by Crippen LogP contribution is -2.26. The summed E-state index contributed by atoms with van der Waals surface area (Å²) in [5, 5.41) is 0. The minimum absolute atomic E-state index is 0.324. The maximum Gasteiger partial charge on any atom is 0.320 e. The van der Waals surface area contributed by atoms with Gasteiger partial charge >= 0.3 is 11.9 Å². The van der Waals surface area contributed by atoms with Crippen molar-refractivity contribution in [2.45, 2.75) is 38.9 Å². The molecule has 1 aliphatic heterocycles. The average Bonchev–Trinajstić information content (AvgIpc) is 2.43. The number of rotatable bonds is 6. The van der Waals surface area contributed by atoms with Crippen LogP contribution in [0.3, 0.4) is 0 Å². The average molecular weight is 278 g/mol. The van der Waals surface area contributed by atoms with Crippen LogP contribution in [0.4, 0.5) is 0 Å². The van der Waals surface area contributed by atoms with Crippen LogP contribution in [0.15, 0.2) is 24.3 Å². The van der Waals surface area contributed by atoms with Crippen LogP contribution < -0.4 is 4.74 Å². The number of esters is 2. The molecule has 1 aromatic rings. The van der Waals surface area contributed by atoms with Gasteiger partial charge in [0.15, 0.2) is 0 Å². The van der Waals surface area contributed by atoms with Crippen LogP contribution in [0.2, 0.25) is 0 Å². The number of cyclic esters (lactones) is 2. The third-order valence-corrected chi connectivity index (χ3v) is 2.93. The van der Waals surface area contributed by atoms with Gasteiger partial charge in [-0.2, -0.15) is 0 Å². The van der Waals surface area contributed by atoms with Crippen LogP contribution in [0.1, 0.15) is 44.5 Å². The Bertz CT molecular complexity index is 450. The second-order valence-corrected chi connectivity index (χ2v) is 4.61. The molecular weight excluding hydrogens is 260 g/mol. The normalized spacial score (nSPS) is 15.7. The van der Waals surface area contributed by atoms with Gasteiger partial charge in [0, 0.05) is 5.56 Å². The lowest BCUT2D eigenvalue weighted by Gasteiger charge is -2.22. The highest BCUT2D eigenvalue weighted by Gasteiger charge is 2.28. The molecular formula is C15H18O5. The zero-order valence-electron chi connectivity index (χ0n) is 11.5. The van der Waals surface area contributed by atoms with Crippen molar-refractivity contribution in [3.63, 3.8) is 0 Å². The van der Waals surface area contributed by atoms with Crippen molar-refractivity contribution in [1.29, 1.82) is 0 Å². The van der Waals surface area contributed by atoms with Crippen molar-refractivity contribution in [2.75, 3.05) is 6.61 Å². The second kappa shape index (κ2) is 6.93. The van der Waals surface area contributed by atoms with E-state index in [4.69, 9.17) is 14.2 Å². The SMILES string of the molecule is CCCCCOc1ccc(C2OC(=O)CC(=O)O2)cc1. The van der Waals surface area contributed by atoms with Gasteiger partial charge in [0.1, 0.15) is 12.2 Å². The number of hydrogen-bond donors (Lipinski definition) is 0. The third kappa shape index (κ3) is 3.98. The Morgan fingerprint density at radius 3 is 2.35 bits per heavy atom. The predicted octanol–water partition coefficient (Wildman–Crippen LogP) is 2.74. The summed E-state index contributed by atoms with van der Waals surface area (Å²) in [7, 11) is 0. The van der Waals surface area contributed by atoms with Gasteiger partial charge < -0.3 is 14.2 Å². The molecule has 2 rings (SSSR count). The standard InChI is InChI=1S/C15H18O5/c1-2-3-4-9-18-12-7-5-11(6-8-12)15-19-13(16)10-14(17)20-15/h5-8,15H,2-4,9-10H2,1H3. The first-order valence-electron chi connectivity index (χ1n) is 6.80. The smallest absolute Gasteiger partial charge is 0.320 e. The molecule has 1 aliphatic rings. The lowest BCUT2D eigenvalue weighted by atomic mass is 10.2. The molecule has 5 nitrogen and oxygen atoms in total. The molecule has 1 aromatic carbocycles. The summed E-state index contributed by atoms with van der Waals surface area (Å²) in [5.41, 5.74) is 0.618. The van der Waals surface area contributed by atoms with Gasteiger partial charge in [-0.3, -0.25) is 9.59 Å². The molecule has 1 saturated heterocycles. The quantitative estimate of drug-likeness (QED) is 0.455. The Kier molecular flexibility index (Phi) is 4.98. The molecule has 0 bridgehead atoms. The highest BCUT2D eigenvalue weighted by Crippen LogP contribution is 2.25. The van der Waals surface area contributed by atoms with Gasteiger partial charge in [-0.1, -0.05) is 19.8 Å². The number of benzene rings is 1. The van der Waals surface area contributed by atoms with E-state index in [0.29, 0.717) is 12.2 Å². The minimum Gasteiger partial charge on any atom is -0.494 e. The maximum atomic E-state index is 11.2. The first-order valence-corrected chi connectivity index (χ1v) is 6.80. The van der Waals surface area contributed by atoms with Gasteiger partial charge in [-0.25, -0.2) is 0 Å². The van der Waals surface area contributed by atoms with Gasteiger partial charge in [0.2, 0.25) is 0 Å². The largest absolute Gasteiger partial charge is 0.494 e. The fourth-order valence-corrected chi connectivity index (χ4v) is 1.86. The van der Waals surface area contributed by atoms with Crippen molar-refractivity contribution >= 4 is 11.9 Å². The van der Waals surface area contributed by atoms with Gasteiger partial charge in [0.05, 0.1) is 6.61 Å². The molecule has 108 valence electrons. The van der Waals surface area contributed by atoms with E-state index in [1.165, 1.54) is 0 Å².